The fraction of sp³-hybridized carbons (Fsp3) is 0.462. The van der Waals surface area contributed by atoms with E-state index in [-0.39, 0.29) is 11.2 Å². The van der Waals surface area contributed by atoms with Gasteiger partial charge in [0.1, 0.15) is 0 Å². The number of hydrogen-bond acceptors (Lipinski definition) is 4. The van der Waals surface area contributed by atoms with E-state index in [1.807, 2.05) is 20.8 Å². The topological polar surface area (TPSA) is 84.6 Å². The average molecular weight is 252 g/mol. The number of benzene rings is 1. The van der Waals surface area contributed by atoms with E-state index < -0.39 is 5.97 Å². The summed E-state index contributed by atoms with van der Waals surface area (Å²) in [4.78, 5) is 10.9. The predicted octanol–water partition coefficient (Wildman–Crippen LogP) is 2.19. The van der Waals surface area contributed by atoms with Gasteiger partial charge in [-0.15, -0.1) is 0 Å². The number of nitrogen functional groups attached to an aromatic ring is 1. The highest BCUT2D eigenvalue weighted by Crippen LogP contribution is 2.21. The Morgan fingerprint density at radius 3 is 2.72 bits per heavy atom. The molecular formula is C13H20N2O3. The Hall–Kier alpha value is -1.75. The van der Waals surface area contributed by atoms with Gasteiger partial charge >= 0.3 is 5.97 Å². The highest BCUT2D eigenvalue weighted by Gasteiger charge is 2.18. The van der Waals surface area contributed by atoms with Crippen molar-refractivity contribution in [3.05, 3.63) is 23.8 Å². The number of ether oxygens (including phenoxy) is 1. The Morgan fingerprint density at radius 2 is 2.17 bits per heavy atom. The van der Waals surface area contributed by atoms with Gasteiger partial charge < -0.3 is 20.9 Å². The third-order valence-corrected chi connectivity index (χ3v) is 2.54. The summed E-state index contributed by atoms with van der Waals surface area (Å²) in [5, 5.41) is 12.0. The van der Waals surface area contributed by atoms with Crippen molar-refractivity contribution in [2.75, 3.05) is 24.2 Å². The largest absolute Gasteiger partial charge is 0.478 e. The van der Waals surface area contributed by atoms with Gasteiger partial charge in [0.2, 0.25) is 0 Å². The number of hydrogen-bond donors (Lipinski definition) is 3. The fourth-order valence-corrected chi connectivity index (χ4v) is 1.59. The van der Waals surface area contributed by atoms with Crippen molar-refractivity contribution in [3.63, 3.8) is 0 Å². The van der Waals surface area contributed by atoms with E-state index >= 15 is 0 Å². The van der Waals surface area contributed by atoms with Crippen molar-refractivity contribution >= 4 is 17.3 Å². The number of aromatic carboxylic acids is 1. The minimum absolute atomic E-state index is 0.209. The Labute approximate surface area is 107 Å². The average Bonchev–Trinajstić information content (AvgIpc) is 2.27. The van der Waals surface area contributed by atoms with Crippen molar-refractivity contribution < 1.29 is 14.6 Å². The van der Waals surface area contributed by atoms with Crippen molar-refractivity contribution in [2.24, 2.45) is 0 Å². The SMILES string of the molecule is CCOC(C)(C)CNc1cc(C(=O)O)ccc1N. The summed E-state index contributed by atoms with van der Waals surface area (Å²) in [7, 11) is 0. The standard InChI is InChI=1S/C13H20N2O3/c1-4-18-13(2,3)8-15-11-7-9(12(16)17)5-6-10(11)14/h5-7,15H,4,8,14H2,1-3H3,(H,16,17). The lowest BCUT2D eigenvalue weighted by atomic mass is 10.1. The molecule has 0 heterocycles. The van der Waals surface area contributed by atoms with Crippen LogP contribution in [0.15, 0.2) is 18.2 Å². The maximum atomic E-state index is 10.9. The van der Waals surface area contributed by atoms with Gasteiger partial charge in [0.25, 0.3) is 0 Å². The first kappa shape index (κ1) is 14.3. The lowest BCUT2D eigenvalue weighted by Gasteiger charge is -2.26. The molecule has 5 nitrogen and oxygen atoms in total. The summed E-state index contributed by atoms with van der Waals surface area (Å²) < 4.78 is 5.55. The zero-order valence-corrected chi connectivity index (χ0v) is 11.0. The van der Waals surface area contributed by atoms with Crippen molar-refractivity contribution in [3.8, 4) is 0 Å². The Kier molecular flexibility index (Phi) is 4.55. The summed E-state index contributed by atoms with van der Waals surface area (Å²) in [5.74, 6) is -0.970. The maximum absolute atomic E-state index is 10.9. The molecule has 0 radical (unpaired) electrons. The number of nitrogens with two attached hydrogens (primary N) is 1. The number of carboxylic acids is 1. The van der Waals surface area contributed by atoms with Crippen LogP contribution in [0.5, 0.6) is 0 Å². The molecule has 1 aromatic rings. The number of anilines is 2. The Bertz CT molecular complexity index is 430. The first-order valence-corrected chi connectivity index (χ1v) is 5.86. The molecule has 1 aromatic carbocycles. The summed E-state index contributed by atoms with van der Waals surface area (Å²) in [6.45, 7) is 7.02. The molecule has 100 valence electrons. The third kappa shape index (κ3) is 3.92. The number of carbonyl (C=O) groups is 1. The van der Waals surface area contributed by atoms with Gasteiger partial charge in [0, 0.05) is 13.2 Å². The molecule has 0 amide bonds. The first-order chi connectivity index (χ1) is 8.35. The highest BCUT2D eigenvalue weighted by molar-refractivity contribution is 5.90. The van der Waals surface area contributed by atoms with E-state index in [1.54, 1.807) is 6.07 Å². The molecule has 0 aromatic heterocycles. The second kappa shape index (κ2) is 5.73. The van der Waals surface area contributed by atoms with Crippen LogP contribution in [0.2, 0.25) is 0 Å². The van der Waals surface area contributed by atoms with Crippen LogP contribution in [0.4, 0.5) is 11.4 Å². The molecule has 0 saturated carbocycles. The highest BCUT2D eigenvalue weighted by atomic mass is 16.5. The second-order valence-corrected chi connectivity index (χ2v) is 4.65. The molecule has 0 aliphatic heterocycles. The summed E-state index contributed by atoms with van der Waals surface area (Å²) >= 11 is 0. The van der Waals surface area contributed by atoms with Crippen LogP contribution in [0, 0.1) is 0 Å². The molecule has 5 heteroatoms. The molecule has 0 fully saturated rings. The van der Waals surface area contributed by atoms with Gasteiger partial charge in [-0.25, -0.2) is 4.79 Å². The number of nitrogens with one attached hydrogen (secondary N) is 1. The van der Waals surface area contributed by atoms with Gasteiger partial charge in [0.05, 0.1) is 22.5 Å². The maximum Gasteiger partial charge on any atom is 0.335 e. The van der Waals surface area contributed by atoms with Gasteiger partial charge in [-0.05, 0) is 39.0 Å². The number of carboxylic acid groups (broad SMARTS) is 1. The van der Waals surface area contributed by atoms with E-state index in [0.29, 0.717) is 24.5 Å². The summed E-state index contributed by atoms with van der Waals surface area (Å²) in [6.07, 6.45) is 0. The molecular weight excluding hydrogens is 232 g/mol. The van der Waals surface area contributed by atoms with Crippen LogP contribution < -0.4 is 11.1 Å². The molecule has 0 atom stereocenters. The van der Waals surface area contributed by atoms with Gasteiger partial charge in [-0.1, -0.05) is 0 Å². The van der Waals surface area contributed by atoms with E-state index in [1.165, 1.54) is 12.1 Å². The quantitative estimate of drug-likeness (QED) is 0.676. The monoisotopic (exact) mass is 252 g/mol. The van der Waals surface area contributed by atoms with E-state index in [9.17, 15) is 4.79 Å². The first-order valence-electron chi connectivity index (χ1n) is 5.86. The molecule has 0 unspecified atom stereocenters. The minimum atomic E-state index is -0.970. The molecule has 18 heavy (non-hydrogen) atoms. The smallest absolute Gasteiger partial charge is 0.335 e. The molecule has 1 rings (SSSR count). The molecule has 4 N–H and O–H groups in total. The van der Waals surface area contributed by atoms with Crippen LogP contribution in [0.1, 0.15) is 31.1 Å². The van der Waals surface area contributed by atoms with Crippen LogP contribution in [-0.4, -0.2) is 29.8 Å². The zero-order chi connectivity index (χ0) is 13.8. The van der Waals surface area contributed by atoms with Gasteiger partial charge in [-0.3, -0.25) is 0 Å². The normalized spacial score (nSPS) is 11.3. The predicted molar refractivity (Wildman–Crippen MR) is 72.0 cm³/mol. The third-order valence-electron chi connectivity index (χ3n) is 2.54. The van der Waals surface area contributed by atoms with Crippen LogP contribution >= 0.6 is 0 Å². The van der Waals surface area contributed by atoms with Crippen molar-refractivity contribution in [1.82, 2.24) is 0 Å². The van der Waals surface area contributed by atoms with Crippen molar-refractivity contribution in [1.29, 1.82) is 0 Å². The van der Waals surface area contributed by atoms with E-state index in [2.05, 4.69) is 5.32 Å². The summed E-state index contributed by atoms with van der Waals surface area (Å²) in [5.41, 5.74) is 6.81. The molecule has 0 aliphatic rings. The molecule has 0 bridgehead atoms. The van der Waals surface area contributed by atoms with Crippen molar-refractivity contribution in [2.45, 2.75) is 26.4 Å². The Morgan fingerprint density at radius 1 is 1.50 bits per heavy atom. The molecule has 0 saturated heterocycles. The number of rotatable bonds is 6. The lowest BCUT2D eigenvalue weighted by Crippen LogP contribution is -2.33. The second-order valence-electron chi connectivity index (χ2n) is 4.65. The Balaban J connectivity index is 2.78. The van der Waals surface area contributed by atoms with E-state index in [0.717, 1.165) is 0 Å². The summed E-state index contributed by atoms with van der Waals surface area (Å²) in [6, 6.07) is 4.59. The zero-order valence-electron chi connectivity index (χ0n) is 11.0. The van der Waals surface area contributed by atoms with Gasteiger partial charge in [-0.2, -0.15) is 0 Å². The lowest BCUT2D eigenvalue weighted by molar-refractivity contribution is 0.000708. The van der Waals surface area contributed by atoms with Crippen LogP contribution in [0.25, 0.3) is 0 Å². The molecule has 0 aliphatic carbocycles. The minimum Gasteiger partial charge on any atom is -0.478 e. The fourth-order valence-electron chi connectivity index (χ4n) is 1.59. The van der Waals surface area contributed by atoms with Gasteiger partial charge in [0.15, 0.2) is 0 Å². The van der Waals surface area contributed by atoms with Crippen LogP contribution in [-0.2, 0) is 4.74 Å². The van der Waals surface area contributed by atoms with E-state index in [4.69, 9.17) is 15.6 Å². The van der Waals surface area contributed by atoms with Crippen LogP contribution in [0.3, 0.4) is 0 Å². The molecule has 0 spiro atoms.